The molecule has 1 saturated heterocycles. The summed E-state index contributed by atoms with van der Waals surface area (Å²) in [5.41, 5.74) is 1.54. The van der Waals surface area contributed by atoms with Gasteiger partial charge in [0.1, 0.15) is 12.4 Å². The fourth-order valence-electron chi connectivity index (χ4n) is 3.25. The van der Waals surface area contributed by atoms with Crippen molar-refractivity contribution in [2.24, 2.45) is 5.92 Å². The molecule has 28 heavy (non-hydrogen) atoms. The van der Waals surface area contributed by atoms with E-state index in [-0.39, 0.29) is 30.2 Å². The molecule has 0 radical (unpaired) electrons. The van der Waals surface area contributed by atoms with E-state index in [2.05, 4.69) is 10.3 Å². The smallest absolute Gasteiger partial charge is 0.254 e. The number of pyridine rings is 1. The second kappa shape index (κ2) is 8.93. The first kappa shape index (κ1) is 19.9. The standard InChI is InChI=1S/C21H24FN3O3/c1-14(2)11-25(12-15-5-7-17(22)8-6-15)21(27)20-19(24-18(26)13-28-20)16-4-3-9-23-10-16/h3-10,14,19-20H,11-13H2,1-2H3,(H,24,26)/t19-,20+/m1/s1. The van der Waals surface area contributed by atoms with Crippen LogP contribution in [0.15, 0.2) is 48.8 Å². The zero-order valence-corrected chi connectivity index (χ0v) is 16.0. The van der Waals surface area contributed by atoms with E-state index in [1.54, 1.807) is 41.6 Å². The minimum atomic E-state index is -0.846. The molecule has 1 aromatic heterocycles. The molecular formula is C21H24FN3O3. The molecule has 148 valence electrons. The largest absolute Gasteiger partial charge is 0.356 e. The first-order valence-corrected chi connectivity index (χ1v) is 9.28. The quantitative estimate of drug-likeness (QED) is 0.829. The van der Waals surface area contributed by atoms with Gasteiger partial charge in [-0.05, 0) is 35.2 Å². The van der Waals surface area contributed by atoms with Crippen molar-refractivity contribution in [3.8, 4) is 0 Å². The first-order valence-electron chi connectivity index (χ1n) is 9.28. The highest BCUT2D eigenvalue weighted by Gasteiger charge is 2.38. The van der Waals surface area contributed by atoms with Crippen LogP contribution in [0, 0.1) is 11.7 Å². The van der Waals surface area contributed by atoms with Crippen molar-refractivity contribution >= 4 is 11.8 Å². The molecule has 1 aromatic carbocycles. The zero-order valence-electron chi connectivity index (χ0n) is 16.0. The molecule has 2 aromatic rings. The Morgan fingerprint density at radius 2 is 2.07 bits per heavy atom. The summed E-state index contributed by atoms with van der Waals surface area (Å²) < 4.78 is 18.9. The van der Waals surface area contributed by atoms with Gasteiger partial charge in [0.2, 0.25) is 5.91 Å². The molecular weight excluding hydrogens is 361 g/mol. The second-order valence-electron chi connectivity index (χ2n) is 7.30. The van der Waals surface area contributed by atoms with Crippen molar-refractivity contribution in [1.29, 1.82) is 0 Å². The number of rotatable bonds is 6. The number of ether oxygens (including phenoxy) is 1. The molecule has 0 bridgehead atoms. The van der Waals surface area contributed by atoms with Crippen LogP contribution in [0.1, 0.15) is 31.0 Å². The molecule has 0 saturated carbocycles. The van der Waals surface area contributed by atoms with Crippen LogP contribution in [0.3, 0.4) is 0 Å². The van der Waals surface area contributed by atoms with Gasteiger partial charge in [-0.25, -0.2) is 4.39 Å². The summed E-state index contributed by atoms with van der Waals surface area (Å²) in [6.07, 6.45) is 2.40. The summed E-state index contributed by atoms with van der Waals surface area (Å²) in [6.45, 7) is 4.73. The number of nitrogens with one attached hydrogen (secondary N) is 1. The lowest BCUT2D eigenvalue weighted by Gasteiger charge is -2.35. The van der Waals surface area contributed by atoms with Gasteiger partial charge in [0.05, 0.1) is 6.04 Å². The van der Waals surface area contributed by atoms with Crippen LogP contribution >= 0.6 is 0 Å². The van der Waals surface area contributed by atoms with Gasteiger partial charge < -0.3 is 15.0 Å². The van der Waals surface area contributed by atoms with Gasteiger partial charge in [0.15, 0.2) is 6.10 Å². The average molecular weight is 385 g/mol. The molecule has 1 N–H and O–H groups in total. The molecule has 2 atom stereocenters. The highest BCUT2D eigenvalue weighted by Crippen LogP contribution is 2.24. The van der Waals surface area contributed by atoms with Gasteiger partial charge in [0, 0.05) is 25.5 Å². The Kier molecular flexibility index (Phi) is 6.36. The zero-order chi connectivity index (χ0) is 20.1. The molecule has 1 aliphatic rings. The number of benzene rings is 1. The van der Waals surface area contributed by atoms with Gasteiger partial charge >= 0.3 is 0 Å². The molecule has 0 spiro atoms. The Balaban J connectivity index is 1.84. The molecule has 2 heterocycles. The SMILES string of the molecule is CC(C)CN(Cc1ccc(F)cc1)C(=O)[C@H]1OCC(=O)N[C@@H]1c1cccnc1. The molecule has 1 aliphatic heterocycles. The maximum atomic E-state index is 13.4. The Morgan fingerprint density at radius 3 is 2.71 bits per heavy atom. The van der Waals surface area contributed by atoms with Crippen molar-refractivity contribution < 1.29 is 18.7 Å². The van der Waals surface area contributed by atoms with E-state index in [1.807, 2.05) is 13.8 Å². The Labute approximate surface area is 163 Å². The maximum Gasteiger partial charge on any atom is 0.254 e. The van der Waals surface area contributed by atoms with Gasteiger partial charge in [-0.3, -0.25) is 14.6 Å². The number of hydrogen-bond acceptors (Lipinski definition) is 4. The van der Waals surface area contributed by atoms with E-state index in [1.165, 1.54) is 12.1 Å². The van der Waals surface area contributed by atoms with Crippen molar-refractivity contribution in [2.45, 2.75) is 32.5 Å². The van der Waals surface area contributed by atoms with Crippen LogP contribution < -0.4 is 5.32 Å². The second-order valence-corrected chi connectivity index (χ2v) is 7.30. The number of aromatic nitrogens is 1. The molecule has 6 nitrogen and oxygen atoms in total. The van der Waals surface area contributed by atoms with E-state index in [0.717, 1.165) is 5.56 Å². The number of carbonyl (C=O) groups excluding carboxylic acids is 2. The minimum Gasteiger partial charge on any atom is -0.356 e. The molecule has 2 amide bonds. The molecule has 3 rings (SSSR count). The molecule has 0 unspecified atom stereocenters. The normalized spacial score (nSPS) is 19.4. The first-order chi connectivity index (χ1) is 13.4. The lowest BCUT2D eigenvalue weighted by molar-refractivity contribution is -0.156. The van der Waals surface area contributed by atoms with Gasteiger partial charge in [-0.15, -0.1) is 0 Å². The van der Waals surface area contributed by atoms with E-state index in [9.17, 15) is 14.0 Å². The summed E-state index contributed by atoms with van der Waals surface area (Å²) in [5.74, 6) is -0.571. The predicted octanol–water partition coefficient (Wildman–Crippen LogP) is 2.46. The lowest BCUT2D eigenvalue weighted by atomic mass is 9.99. The van der Waals surface area contributed by atoms with Crippen LogP contribution in [-0.2, 0) is 20.9 Å². The fraction of sp³-hybridized carbons (Fsp3) is 0.381. The number of nitrogens with zero attached hydrogens (tertiary/aromatic N) is 2. The minimum absolute atomic E-state index is 0.167. The van der Waals surface area contributed by atoms with Crippen LogP contribution in [-0.4, -0.2) is 41.0 Å². The monoisotopic (exact) mass is 385 g/mol. The number of morpholine rings is 1. The predicted molar refractivity (Wildman–Crippen MR) is 102 cm³/mol. The summed E-state index contributed by atoms with van der Waals surface area (Å²) in [4.78, 5) is 31.0. The number of carbonyl (C=O) groups is 2. The third kappa shape index (κ3) is 4.92. The van der Waals surface area contributed by atoms with Crippen LogP contribution in [0.25, 0.3) is 0 Å². The topological polar surface area (TPSA) is 71.5 Å². The van der Waals surface area contributed by atoms with Gasteiger partial charge in [-0.2, -0.15) is 0 Å². The lowest BCUT2D eigenvalue weighted by Crippen LogP contribution is -2.53. The summed E-state index contributed by atoms with van der Waals surface area (Å²) >= 11 is 0. The van der Waals surface area contributed by atoms with Gasteiger partial charge in [-0.1, -0.05) is 32.0 Å². The van der Waals surface area contributed by atoms with Gasteiger partial charge in [0.25, 0.3) is 5.91 Å². The highest BCUT2D eigenvalue weighted by molar-refractivity contribution is 5.86. The Bertz CT molecular complexity index is 811. The third-order valence-electron chi connectivity index (χ3n) is 4.48. The number of halogens is 1. The number of amides is 2. The summed E-state index contributed by atoms with van der Waals surface area (Å²) in [5, 5.41) is 2.84. The average Bonchev–Trinajstić information content (AvgIpc) is 2.69. The van der Waals surface area contributed by atoms with Crippen LogP contribution in [0.5, 0.6) is 0 Å². The fourth-order valence-corrected chi connectivity index (χ4v) is 3.25. The molecule has 7 heteroatoms. The Morgan fingerprint density at radius 1 is 1.32 bits per heavy atom. The highest BCUT2D eigenvalue weighted by atomic mass is 19.1. The van der Waals surface area contributed by atoms with E-state index < -0.39 is 12.1 Å². The van der Waals surface area contributed by atoms with Crippen molar-refractivity contribution in [2.75, 3.05) is 13.2 Å². The van der Waals surface area contributed by atoms with Crippen molar-refractivity contribution in [3.05, 3.63) is 65.7 Å². The summed E-state index contributed by atoms with van der Waals surface area (Å²) in [6, 6.07) is 9.04. The van der Waals surface area contributed by atoms with E-state index in [0.29, 0.717) is 18.7 Å². The van der Waals surface area contributed by atoms with Crippen molar-refractivity contribution in [3.63, 3.8) is 0 Å². The molecule has 0 aliphatic carbocycles. The third-order valence-corrected chi connectivity index (χ3v) is 4.48. The van der Waals surface area contributed by atoms with Crippen molar-refractivity contribution in [1.82, 2.24) is 15.2 Å². The number of hydrogen-bond donors (Lipinski definition) is 1. The molecule has 1 fully saturated rings. The summed E-state index contributed by atoms with van der Waals surface area (Å²) in [7, 11) is 0. The Hall–Kier alpha value is -2.80. The van der Waals surface area contributed by atoms with Crippen LogP contribution in [0.4, 0.5) is 4.39 Å². The van der Waals surface area contributed by atoms with E-state index >= 15 is 0 Å². The maximum absolute atomic E-state index is 13.4. The van der Waals surface area contributed by atoms with Crippen LogP contribution in [0.2, 0.25) is 0 Å². The van der Waals surface area contributed by atoms with E-state index in [4.69, 9.17) is 4.74 Å².